The van der Waals surface area contributed by atoms with Crippen LogP contribution in [0, 0.1) is 3.95 Å². The van der Waals surface area contributed by atoms with Crippen molar-refractivity contribution in [3.63, 3.8) is 0 Å². The third-order valence-corrected chi connectivity index (χ3v) is 6.89. The SMILES string of the molecule is O=C1N[C@@H](c2ccc(OCc3ccccc3Cl)cc2)Nc2c1sc(=S)n2-c1ccccc1. The normalized spacial score (nSPS) is 14.9. The molecule has 1 amide bonds. The third-order valence-electron chi connectivity index (χ3n) is 5.15. The molecule has 0 radical (unpaired) electrons. The number of ether oxygens (including phenoxy) is 1. The van der Waals surface area contributed by atoms with Crippen LogP contribution in [0.3, 0.4) is 0 Å². The quantitative estimate of drug-likeness (QED) is 0.327. The number of carbonyl (C=O) groups excluding carboxylic acids is 1. The number of nitrogens with zero attached hydrogens (tertiary/aromatic N) is 1. The minimum atomic E-state index is -0.383. The van der Waals surface area contributed by atoms with Gasteiger partial charge in [0.25, 0.3) is 5.91 Å². The van der Waals surface area contributed by atoms with Crippen LogP contribution in [0.1, 0.15) is 27.0 Å². The molecule has 3 aromatic carbocycles. The van der Waals surface area contributed by atoms with Gasteiger partial charge in [-0.05, 0) is 48.1 Å². The number of fused-ring (bicyclic) bond motifs is 1. The van der Waals surface area contributed by atoms with Crippen molar-refractivity contribution in [1.29, 1.82) is 0 Å². The molecule has 0 fully saturated rings. The average molecular weight is 480 g/mol. The highest BCUT2D eigenvalue weighted by Crippen LogP contribution is 2.34. The molecule has 4 aromatic rings. The Labute approximate surface area is 199 Å². The fourth-order valence-electron chi connectivity index (χ4n) is 3.54. The molecule has 0 spiro atoms. The summed E-state index contributed by atoms with van der Waals surface area (Å²) in [5.74, 6) is 1.28. The molecule has 8 heteroatoms. The summed E-state index contributed by atoms with van der Waals surface area (Å²) in [7, 11) is 0. The summed E-state index contributed by atoms with van der Waals surface area (Å²) in [4.78, 5) is 13.4. The Morgan fingerprint density at radius 2 is 1.69 bits per heavy atom. The van der Waals surface area contributed by atoms with Gasteiger partial charge in [-0.2, -0.15) is 0 Å². The van der Waals surface area contributed by atoms with Crippen molar-refractivity contribution in [2.24, 2.45) is 0 Å². The zero-order chi connectivity index (χ0) is 22.1. The Hall–Kier alpha value is -3.13. The lowest BCUT2D eigenvalue weighted by molar-refractivity contribution is 0.0939. The number of nitrogens with one attached hydrogen (secondary N) is 2. The monoisotopic (exact) mass is 479 g/mol. The average Bonchev–Trinajstić information content (AvgIpc) is 3.16. The molecular weight excluding hydrogens is 462 g/mol. The van der Waals surface area contributed by atoms with E-state index in [-0.39, 0.29) is 12.1 Å². The van der Waals surface area contributed by atoms with E-state index in [0.717, 1.165) is 22.6 Å². The predicted octanol–water partition coefficient (Wildman–Crippen LogP) is 6.35. The van der Waals surface area contributed by atoms with Crippen LogP contribution in [0.15, 0.2) is 78.9 Å². The fourth-order valence-corrected chi connectivity index (χ4v) is 5.04. The molecule has 160 valence electrons. The number of carbonyl (C=O) groups is 1. The molecule has 2 N–H and O–H groups in total. The molecule has 5 rings (SSSR count). The summed E-state index contributed by atoms with van der Waals surface area (Å²) in [5.41, 5.74) is 2.75. The van der Waals surface area contributed by atoms with Gasteiger partial charge in [-0.1, -0.05) is 71.5 Å². The van der Waals surface area contributed by atoms with Gasteiger partial charge in [-0.25, -0.2) is 0 Å². The van der Waals surface area contributed by atoms with Gasteiger partial charge < -0.3 is 15.4 Å². The molecule has 1 aliphatic heterocycles. The Kier molecular flexibility index (Phi) is 5.70. The number of anilines is 1. The van der Waals surface area contributed by atoms with Crippen LogP contribution in [0.5, 0.6) is 5.75 Å². The van der Waals surface area contributed by atoms with Crippen LogP contribution in [0.4, 0.5) is 5.82 Å². The van der Waals surface area contributed by atoms with Gasteiger partial charge in [0.15, 0.2) is 3.95 Å². The molecule has 0 saturated carbocycles. The number of hydrogen-bond acceptors (Lipinski definition) is 5. The van der Waals surface area contributed by atoms with Crippen LogP contribution in [-0.4, -0.2) is 10.5 Å². The highest BCUT2D eigenvalue weighted by molar-refractivity contribution is 7.73. The van der Waals surface area contributed by atoms with Crippen LogP contribution in [0.25, 0.3) is 5.69 Å². The fraction of sp³-hybridized carbons (Fsp3) is 0.0833. The highest BCUT2D eigenvalue weighted by Gasteiger charge is 2.29. The molecule has 5 nitrogen and oxygen atoms in total. The Morgan fingerprint density at radius 3 is 2.44 bits per heavy atom. The predicted molar refractivity (Wildman–Crippen MR) is 131 cm³/mol. The van der Waals surface area contributed by atoms with E-state index in [1.165, 1.54) is 11.3 Å². The lowest BCUT2D eigenvalue weighted by Crippen LogP contribution is -2.38. The number of amides is 1. The summed E-state index contributed by atoms with van der Waals surface area (Å²) in [5, 5.41) is 7.12. The van der Waals surface area contributed by atoms with Gasteiger partial charge in [0.2, 0.25) is 0 Å². The maximum atomic E-state index is 12.8. The number of halogens is 1. The second-order valence-corrected chi connectivity index (χ2v) is 9.27. The van der Waals surface area contributed by atoms with E-state index in [0.29, 0.717) is 26.3 Å². The van der Waals surface area contributed by atoms with E-state index in [9.17, 15) is 4.79 Å². The Morgan fingerprint density at radius 1 is 0.969 bits per heavy atom. The van der Waals surface area contributed by atoms with Crippen molar-refractivity contribution in [1.82, 2.24) is 9.88 Å². The number of thiazole rings is 1. The molecule has 1 aliphatic rings. The van der Waals surface area contributed by atoms with Crippen LogP contribution < -0.4 is 15.4 Å². The van der Waals surface area contributed by atoms with Crippen molar-refractivity contribution < 1.29 is 9.53 Å². The van der Waals surface area contributed by atoms with Crippen LogP contribution in [0.2, 0.25) is 5.02 Å². The summed E-state index contributed by atoms with van der Waals surface area (Å²) in [6.45, 7) is 0.383. The van der Waals surface area contributed by atoms with Gasteiger partial charge in [0, 0.05) is 16.3 Å². The molecule has 0 saturated heterocycles. The van der Waals surface area contributed by atoms with E-state index in [1.807, 2.05) is 83.4 Å². The van der Waals surface area contributed by atoms with E-state index in [1.54, 1.807) is 0 Å². The topological polar surface area (TPSA) is 55.3 Å². The summed E-state index contributed by atoms with van der Waals surface area (Å²) < 4.78 is 8.39. The highest BCUT2D eigenvalue weighted by atomic mass is 35.5. The third kappa shape index (κ3) is 4.02. The number of benzene rings is 3. The molecule has 1 atom stereocenters. The lowest BCUT2D eigenvalue weighted by atomic mass is 10.1. The standard InChI is InChI=1S/C24H18ClN3O2S2/c25-19-9-5-4-6-16(19)14-30-18-12-10-15(11-13-18)21-26-22-20(23(29)27-21)32-24(31)28(22)17-7-2-1-3-8-17/h1-13,21,26H,14H2,(H,27,29)/t21-/m0/s1. The Bertz CT molecular complexity index is 1330. The minimum absolute atomic E-state index is 0.145. The summed E-state index contributed by atoms with van der Waals surface area (Å²) in [6, 6.07) is 25.0. The van der Waals surface area contributed by atoms with Crippen molar-refractivity contribution >= 4 is 46.9 Å². The van der Waals surface area contributed by atoms with Crippen molar-refractivity contribution in [3.8, 4) is 11.4 Å². The second kappa shape index (κ2) is 8.78. The number of rotatable bonds is 5. The van der Waals surface area contributed by atoms with Crippen molar-refractivity contribution in [3.05, 3.63) is 104 Å². The molecular formula is C24H18ClN3O2S2. The zero-order valence-electron chi connectivity index (χ0n) is 16.7. The number of aromatic nitrogens is 1. The van der Waals surface area contributed by atoms with E-state index < -0.39 is 0 Å². The van der Waals surface area contributed by atoms with E-state index in [4.69, 9.17) is 28.6 Å². The zero-order valence-corrected chi connectivity index (χ0v) is 19.1. The van der Waals surface area contributed by atoms with Crippen LogP contribution >= 0.6 is 35.2 Å². The second-order valence-electron chi connectivity index (χ2n) is 7.22. The largest absolute Gasteiger partial charge is 0.489 e. The maximum Gasteiger partial charge on any atom is 0.267 e. The van der Waals surface area contributed by atoms with Crippen molar-refractivity contribution in [2.75, 3.05) is 5.32 Å². The summed E-state index contributed by atoms with van der Waals surface area (Å²) >= 11 is 13.0. The first kappa shape index (κ1) is 20.8. The molecule has 2 heterocycles. The maximum absolute atomic E-state index is 12.8. The van der Waals surface area contributed by atoms with E-state index in [2.05, 4.69) is 10.6 Å². The number of hydrogen-bond donors (Lipinski definition) is 2. The van der Waals surface area contributed by atoms with E-state index >= 15 is 0 Å². The van der Waals surface area contributed by atoms with Crippen LogP contribution in [-0.2, 0) is 6.61 Å². The molecule has 0 bridgehead atoms. The van der Waals surface area contributed by atoms with Gasteiger partial charge in [-0.15, -0.1) is 0 Å². The van der Waals surface area contributed by atoms with Gasteiger partial charge in [0.05, 0.1) is 0 Å². The van der Waals surface area contributed by atoms with Crippen molar-refractivity contribution in [2.45, 2.75) is 12.8 Å². The van der Waals surface area contributed by atoms with Gasteiger partial charge in [-0.3, -0.25) is 9.36 Å². The first-order chi connectivity index (χ1) is 15.6. The minimum Gasteiger partial charge on any atom is -0.489 e. The summed E-state index contributed by atoms with van der Waals surface area (Å²) in [6.07, 6.45) is -0.383. The number of para-hydroxylation sites is 1. The molecule has 0 aliphatic carbocycles. The first-order valence-corrected chi connectivity index (χ1v) is 11.6. The molecule has 0 unspecified atom stereocenters. The Balaban J connectivity index is 1.37. The molecule has 1 aromatic heterocycles. The lowest BCUT2D eigenvalue weighted by Gasteiger charge is -2.27. The van der Waals surface area contributed by atoms with Gasteiger partial charge in [0.1, 0.15) is 29.2 Å². The first-order valence-electron chi connectivity index (χ1n) is 9.95. The van der Waals surface area contributed by atoms with Gasteiger partial charge >= 0.3 is 0 Å². The molecule has 32 heavy (non-hydrogen) atoms. The smallest absolute Gasteiger partial charge is 0.267 e.